The Balaban J connectivity index is 1.57. The second-order valence-corrected chi connectivity index (χ2v) is 7.51. The van der Waals surface area contributed by atoms with Crippen LogP contribution in [0.25, 0.3) is 0 Å². The molecule has 0 spiro atoms. The summed E-state index contributed by atoms with van der Waals surface area (Å²) in [5.74, 6) is 0.0356. The summed E-state index contributed by atoms with van der Waals surface area (Å²) in [6, 6.07) is 2.09. The fourth-order valence-corrected chi connectivity index (χ4v) is 3.63. The first-order valence-electron chi connectivity index (χ1n) is 7.85. The van der Waals surface area contributed by atoms with Crippen molar-refractivity contribution in [1.82, 2.24) is 19.6 Å². The minimum absolute atomic E-state index is 0.0356. The number of nitrogens with zero attached hydrogens (tertiary/aromatic N) is 5. The molecule has 2 aliphatic rings. The molecule has 0 saturated carbocycles. The molecule has 7 heteroatoms. The van der Waals surface area contributed by atoms with E-state index in [9.17, 15) is 4.79 Å². The molecule has 2 aliphatic heterocycles. The molecule has 1 fully saturated rings. The molecule has 0 N–H and O–H groups in total. The van der Waals surface area contributed by atoms with E-state index in [0.717, 1.165) is 37.9 Å². The van der Waals surface area contributed by atoms with Gasteiger partial charge in [0.2, 0.25) is 0 Å². The monoisotopic (exact) mass is 321 g/mol. The van der Waals surface area contributed by atoms with E-state index in [1.54, 1.807) is 0 Å². The van der Waals surface area contributed by atoms with Crippen LogP contribution in [0.3, 0.4) is 0 Å². The van der Waals surface area contributed by atoms with Crippen molar-refractivity contribution >= 4 is 22.8 Å². The van der Waals surface area contributed by atoms with Crippen LogP contribution < -0.4 is 0 Å². The number of amidine groups is 1. The lowest BCUT2D eigenvalue weighted by Crippen LogP contribution is -2.50. The van der Waals surface area contributed by atoms with Gasteiger partial charge in [-0.2, -0.15) is 5.10 Å². The number of carbonyl (C=O) groups excluding carboxylic acids is 1. The van der Waals surface area contributed by atoms with Gasteiger partial charge < -0.3 is 9.80 Å². The predicted molar refractivity (Wildman–Crippen MR) is 89.4 cm³/mol. The van der Waals surface area contributed by atoms with E-state index in [2.05, 4.69) is 35.8 Å². The molecule has 1 saturated heterocycles. The van der Waals surface area contributed by atoms with Crippen LogP contribution in [0.4, 0.5) is 0 Å². The molecule has 0 bridgehead atoms. The number of piperazine rings is 1. The zero-order valence-corrected chi connectivity index (χ0v) is 14.2. The van der Waals surface area contributed by atoms with Gasteiger partial charge in [0.05, 0.1) is 6.54 Å². The highest BCUT2D eigenvalue weighted by Crippen LogP contribution is 2.23. The van der Waals surface area contributed by atoms with Crippen LogP contribution in [-0.4, -0.2) is 68.6 Å². The predicted octanol–water partition coefficient (Wildman–Crippen LogP) is 1.71. The lowest BCUT2D eigenvalue weighted by Gasteiger charge is -2.35. The average Bonchev–Trinajstić information content (AvgIpc) is 3.16. The van der Waals surface area contributed by atoms with E-state index in [1.807, 2.05) is 33.6 Å². The fourth-order valence-electron chi connectivity index (χ4n) is 2.64. The molecule has 120 valence electrons. The summed E-state index contributed by atoms with van der Waals surface area (Å²) in [5, 5.41) is 6.10. The summed E-state index contributed by atoms with van der Waals surface area (Å²) in [7, 11) is 0. The summed E-state index contributed by atoms with van der Waals surface area (Å²) in [4.78, 5) is 21.3. The number of hydrogen-bond acceptors (Lipinski definition) is 5. The van der Waals surface area contributed by atoms with Gasteiger partial charge in [-0.1, -0.05) is 18.7 Å². The Morgan fingerprint density at radius 3 is 2.59 bits per heavy atom. The molecule has 22 heavy (non-hydrogen) atoms. The van der Waals surface area contributed by atoms with Gasteiger partial charge in [-0.25, -0.2) is 0 Å². The van der Waals surface area contributed by atoms with Gasteiger partial charge in [-0.05, 0) is 19.9 Å². The van der Waals surface area contributed by atoms with Crippen molar-refractivity contribution in [1.29, 1.82) is 0 Å². The van der Waals surface area contributed by atoms with Crippen molar-refractivity contribution in [3.63, 3.8) is 0 Å². The molecule has 0 unspecified atom stereocenters. The van der Waals surface area contributed by atoms with E-state index in [0.29, 0.717) is 10.9 Å². The number of hydrogen-bond donors (Lipinski definition) is 0. The van der Waals surface area contributed by atoms with E-state index < -0.39 is 0 Å². The molecule has 3 heterocycles. The van der Waals surface area contributed by atoms with E-state index in [1.165, 1.54) is 0 Å². The maximum atomic E-state index is 12.5. The van der Waals surface area contributed by atoms with Crippen LogP contribution in [0.1, 0.15) is 37.3 Å². The summed E-state index contributed by atoms with van der Waals surface area (Å²) in [5.41, 5.74) is 0.545. The molecule has 0 aliphatic carbocycles. The van der Waals surface area contributed by atoms with Gasteiger partial charge in [-0.3, -0.25) is 14.5 Å². The Morgan fingerprint density at radius 2 is 2.05 bits per heavy atom. The molecule has 1 amide bonds. The summed E-state index contributed by atoms with van der Waals surface area (Å²) in [6.45, 7) is 10.4. The van der Waals surface area contributed by atoms with E-state index in [-0.39, 0.29) is 11.9 Å². The first-order valence-corrected chi connectivity index (χ1v) is 8.73. The van der Waals surface area contributed by atoms with E-state index >= 15 is 0 Å². The number of aliphatic imine (C=N–C) groups is 1. The zero-order valence-electron chi connectivity index (χ0n) is 13.4. The van der Waals surface area contributed by atoms with Gasteiger partial charge >= 0.3 is 0 Å². The topological polar surface area (TPSA) is 53.7 Å². The molecule has 6 nitrogen and oxygen atoms in total. The molecule has 3 rings (SSSR count). The number of rotatable bonds is 2. The third-order valence-electron chi connectivity index (χ3n) is 3.98. The van der Waals surface area contributed by atoms with Crippen LogP contribution in [-0.2, 0) is 0 Å². The second-order valence-electron chi connectivity index (χ2n) is 6.11. The van der Waals surface area contributed by atoms with E-state index in [4.69, 9.17) is 0 Å². The van der Waals surface area contributed by atoms with Crippen molar-refractivity contribution in [3.05, 3.63) is 18.0 Å². The maximum absolute atomic E-state index is 12.5. The normalized spacial score (nSPS) is 22.4. The Bertz CT molecular complexity index is 574. The summed E-state index contributed by atoms with van der Waals surface area (Å²) >= 11 is 1.84. The summed E-state index contributed by atoms with van der Waals surface area (Å²) < 4.78 is 1.83. The minimum Gasteiger partial charge on any atom is -0.348 e. The Kier molecular flexibility index (Phi) is 4.42. The second kappa shape index (κ2) is 6.32. The molecule has 1 aromatic rings. The lowest BCUT2D eigenvalue weighted by atomic mass is 10.3. The minimum atomic E-state index is 0.0356. The van der Waals surface area contributed by atoms with Crippen LogP contribution in [0.5, 0.6) is 0 Å². The van der Waals surface area contributed by atoms with Gasteiger partial charge in [0, 0.05) is 43.7 Å². The van der Waals surface area contributed by atoms with Crippen LogP contribution >= 0.6 is 11.8 Å². The lowest BCUT2D eigenvalue weighted by molar-refractivity contribution is 0.0686. The Morgan fingerprint density at radius 1 is 1.32 bits per heavy atom. The third-order valence-corrected chi connectivity index (χ3v) is 5.13. The van der Waals surface area contributed by atoms with Gasteiger partial charge in [0.15, 0.2) is 5.17 Å². The highest BCUT2D eigenvalue weighted by atomic mass is 32.2. The van der Waals surface area contributed by atoms with Gasteiger partial charge in [0.1, 0.15) is 5.69 Å². The highest BCUT2D eigenvalue weighted by molar-refractivity contribution is 8.14. The Hall–Kier alpha value is -1.50. The molecular formula is C15H23N5OS. The van der Waals surface area contributed by atoms with Crippen molar-refractivity contribution in [2.45, 2.75) is 32.1 Å². The van der Waals surface area contributed by atoms with Gasteiger partial charge in [0.25, 0.3) is 5.91 Å². The fraction of sp³-hybridized carbons (Fsp3) is 0.667. The number of aromatic nitrogens is 2. The van der Waals surface area contributed by atoms with Crippen molar-refractivity contribution < 1.29 is 4.79 Å². The van der Waals surface area contributed by atoms with Crippen molar-refractivity contribution in [3.8, 4) is 0 Å². The first kappa shape index (κ1) is 15.4. The molecule has 0 radical (unpaired) electrons. The SMILES string of the molecule is CC(C)n1ccc(C(=O)N2CCN(C3=NC[C@H](C)S3)CC2)n1. The third kappa shape index (κ3) is 3.14. The van der Waals surface area contributed by atoms with Crippen molar-refractivity contribution in [2.24, 2.45) is 4.99 Å². The van der Waals surface area contributed by atoms with Gasteiger partial charge in [-0.15, -0.1) is 0 Å². The van der Waals surface area contributed by atoms with Crippen molar-refractivity contribution in [2.75, 3.05) is 32.7 Å². The van der Waals surface area contributed by atoms with Crippen LogP contribution in [0.15, 0.2) is 17.3 Å². The van der Waals surface area contributed by atoms with Crippen LogP contribution in [0.2, 0.25) is 0 Å². The average molecular weight is 321 g/mol. The molecule has 1 aromatic heterocycles. The maximum Gasteiger partial charge on any atom is 0.274 e. The smallest absolute Gasteiger partial charge is 0.274 e. The quantitative estimate of drug-likeness (QED) is 0.832. The molecule has 0 aromatic carbocycles. The summed E-state index contributed by atoms with van der Waals surface area (Å²) in [6.07, 6.45) is 1.87. The molecule has 1 atom stereocenters. The largest absolute Gasteiger partial charge is 0.348 e. The molecular weight excluding hydrogens is 298 g/mol. The zero-order chi connectivity index (χ0) is 15.7. The first-order chi connectivity index (χ1) is 10.5. The van der Waals surface area contributed by atoms with Crippen LogP contribution in [0, 0.1) is 0 Å². The number of amides is 1. The number of carbonyl (C=O) groups is 1. The highest BCUT2D eigenvalue weighted by Gasteiger charge is 2.27. The Labute approximate surface area is 135 Å². The number of thioether (sulfide) groups is 1. The standard InChI is InChI=1S/C15H23N5OS/c1-11(2)20-5-4-13(17-20)14(21)18-6-8-19(9-7-18)15-16-10-12(3)22-15/h4-5,11-12H,6-10H2,1-3H3/t12-/m0/s1.